The molecule has 1 aromatic rings. The van der Waals surface area contributed by atoms with Gasteiger partial charge in [0.15, 0.2) is 0 Å². The van der Waals surface area contributed by atoms with Gasteiger partial charge in [-0.1, -0.05) is 33.8 Å². The molecule has 1 aromatic heterocycles. The topological polar surface area (TPSA) is 28.2 Å². The third-order valence-electron chi connectivity index (χ3n) is 4.10. The summed E-state index contributed by atoms with van der Waals surface area (Å²) in [6.07, 6.45) is 5.03. The molecule has 3 nitrogen and oxygen atoms in total. The highest BCUT2D eigenvalue weighted by Crippen LogP contribution is 2.28. The molecule has 0 saturated carbocycles. The van der Waals surface area contributed by atoms with Crippen LogP contribution in [0.15, 0.2) is 24.5 Å². The van der Waals surface area contributed by atoms with Crippen LogP contribution < -0.4 is 5.32 Å². The number of pyridine rings is 1. The Hall–Kier alpha value is -0.930. The summed E-state index contributed by atoms with van der Waals surface area (Å²) < 4.78 is 0. The van der Waals surface area contributed by atoms with Crippen molar-refractivity contribution in [2.45, 2.75) is 52.7 Å². The third-order valence-corrected chi connectivity index (χ3v) is 4.10. The van der Waals surface area contributed by atoms with Crippen molar-refractivity contribution in [2.24, 2.45) is 5.41 Å². The molecule has 2 atom stereocenters. The van der Waals surface area contributed by atoms with E-state index in [2.05, 4.69) is 49.0 Å². The standard InChI is InChI=1S/C16H27N3/c1-5-14-12-19(11-13-7-6-8-17-9-13)15(10-18-14)16(2,3)4/h6-9,14-15,18H,5,10-12H2,1-4H3. The van der Waals surface area contributed by atoms with E-state index in [0.29, 0.717) is 17.5 Å². The Bertz CT molecular complexity index is 383. The molecule has 2 rings (SSSR count). The Morgan fingerprint density at radius 1 is 1.42 bits per heavy atom. The first-order valence-electron chi connectivity index (χ1n) is 7.37. The molecule has 1 saturated heterocycles. The minimum Gasteiger partial charge on any atom is -0.311 e. The van der Waals surface area contributed by atoms with E-state index in [-0.39, 0.29) is 0 Å². The molecule has 0 spiro atoms. The number of hydrogen-bond acceptors (Lipinski definition) is 3. The number of nitrogens with one attached hydrogen (secondary N) is 1. The van der Waals surface area contributed by atoms with Crippen LogP contribution in [0.25, 0.3) is 0 Å². The van der Waals surface area contributed by atoms with Crippen molar-refractivity contribution < 1.29 is 0 Å². The molecule has 0 aromatic carbocycles. The first kappa shape index (κ1) is 14.5. The monoisotopic (exact) mass is 261 g/mol. The lowest BCUT2D eigenvalue weighted by Crippen LogP contribution is -2.59. The van der Waals surface area contributed by atoms with Crippen LogP contribution in [0.4, 0.5) is 0 Å². The van der Waals surface area contributed by atoms with E-state index < -0.39 is 0 Å². The number of piperazine rings is 1. The molecule has 2 heterocycles. The molecule has 0 amide bonds. The fraction of sp³-hybridized carbons (Fsp3) is 0.688. The molecule has 0 bridgehead atoms. The predicted molar refractivity (Wildman–Crippen MR) is 80.0 cm³/mol. The SMILES string of the molecule is CCC1CN(Cc2cccnc2)C(C(C)(C)C)CN1. The maximum Gasteiger partial charge on any atom is 0.0312 e. The summed E-state index contributed by atoms with van der Waals surface area (Å²) in [5, 5.41) is 3.68. The fourth-order valence-corrected chi connectivity index (χ4v) is 2.91. The van der Waals surface area contributed by atoms with Gasteiger partial charge in [-0.3, -0.25) is 9.88 Å². The normalized spacial score (nSPS) is 25.5. The molecule has 1 fully saturated rings. The van der Waals surface area contributed by atoms with Gasteiger partial charge in [0.1, 0.15) is 0 Å². The molecule has 19 heavy (non-hydrogen) atoms. The Kier molecular flexibility index (Phi) is 4.58. The number of nitrogens with zero attached hydrogens (tertiary/aromatic N) is 2. The first-order chi connectivity index (χ1) is 9.00. The first-order valence-corrected chi connectivity index (χ1v) is 7.37. The van der Waals surface area contributed by atoms with Crippen LogP contribution in [0, 0.1) is 5.41 Å². The van der Waals surface area contributed by atoms with E-state index in [1.807, 2.05) is 18.5 Å². The van der Waals surface area contributed by atoms with Crippen molar-refractivity contribution >= 4 is 0 Å². The Morgan fingerprint density at radius 2 is 2.21 bits per heavy atom. The van der Waals surface area contributed by atoms with Gasteiger partial charge < -0.3 is 5.32 Å². The summed E-state index contributed by atoms with van der Waals surface area (Å²) >= 11 is 0. The van der Waals surface area contributed by atoms with Gasteiger partial charge in [-0.2, -0.15) is 0 Å². The molecular formula is C16H27N3. The van der Waals surface area contributed by atoms with Crippen LogP contribution in [0.2, 0.25) is 0 Å². The maximum absolute atomic E-state index is 4.23. The van der Waals surface area contributed by atoms with E-state index in [1.54, 1.807) is 0 Å². The molecule has 3 heteroatoms. The van der Waals surface area contributed by atoms with E-state index in [4.69, 9.17) is 0 Å². The Morgan fingerprint density at radius 3 is 2.79 bits per heavy atom. The van der Waals surface area contributed by atoms with Crippen molar-refractivity contribution in [2.75, 3.05) is 13.1 Å². The average molecular weight is 261 g/mol. The summed E-state index contributed by atoms with van der Waals surface area (Å²) in [4.78, 5) is 6.86. The number of aromatic nitrogens is 1. The minimum absolute atomic E-state index is 0.300. The molecule has 1 N–H and O–H groups in total. The number of rotatable bonds is 3. The zero-order valence-electron chi connectivity index (χ0n) is 12.7. The Labute approximate surface area is 117 Å². The molecular weight excluding hydrogens is 234 g/mol. The van der Waals surface area contributed by atoms with Crippen LogP contribution in [0.1, 0.15) is 39.7 Å². The predicted octanol–water partition coefficient (Wildman–Crippen LogP) is 2.68. The quantitative estimate of drug-likeness (QED) is 0.906. The Balaban J connectivity index is 2.11. The second-order valence-corrected chi connectivity index (χ2v) is 6.69. The van der Waals surface area contributed by atoms with Crippen LogP contribution in [0.3, 0.4) is 0 Å². The van der Waals surface area contributed by atoms with Gasteiger partial charge in [-0.25, -0.2) is 0 Å². The third kappa shape index (κ3) is 3.77. The van der Waals surface area contributed by atoms with Crippen LogP contribution >= 0.6 is 0 Å². The van der Waals surface area contributed by atoms with Crippen molar-refractivity contribution in [3.8, 4) is 0 Å². The lowest BCUT2D eigenvalue weighted by molar-refractivity contribution is 0.0484. The van der Waals surface area contributed by atoms with Crippen molar-refractivity contribution in [3.05, 3.63) is 30.1 Å². The minimum atomic E-state index is 0.300. The molecule has 0 aliphatic carbocycles. The molecule has 0 radical (unpaired) electrons. The summed E-state index contributed by atoms with van der Waals surface area (Å²) in [5.41, 5.74) is 1.61. The van der Waals surface area contributed by atoms with Gasteiger partial charge >= 0.3 is 0 Å². The highest BCUT2D eigenvalue weighted by Gasteiger charge is 2.34. The summed E-state index contributed by atoms with van der Waals surface area (Å²) in [6.45, 7) is 12.5. The second kappa shape index (κ2) is 6.02. The maximum atomic E-state index is 4.23. The highest BCUT2D eigenvalue weighted by atomic mass is 15.2. The van der Waals surface area contributed by atoms with Crippen molar-refractivity contribution in [1.82, 2.24) is 15.2 Å². The van der Waals surface area contributed by atoms with Gasteiger partial charge in [0, 0.05) is 44.1 Å². The van der Waals surface area contributed by atoms with E-state index >= 15 is 0 Å². The van der Waals surface area contributed by atoms with Crippen molar-refractivity contribution in [3.63, 3.8) is 0 Å². The highest BCUT2D eigenvalue weighted by molar-refractivity contribution is 5.09. The summed E-state index contributed by atoms with van der Waals surface area (Å²) in [7, 11) is 0. The molecule has 1 aliphatic rings. The zero-order chi connectivity index (χ0) is 13.9. The van der Waals surface area contributed by atoms with Crippen molar-refractivity contribution in [1.29, 1.82) is 0 Å². The van der Waals surface area contributed by atoms with E-state index in [0.717, 1.165) is 19.6 Å². The van der Waals surface area contributed by atoms with Crippen LogP contribution in [0.5, 0.6) is 0 Å². The van der Waals surface area contributed by atoms with Gasteiger partial charge in [0.05, 0.1) is 0 Å². The summed E-state index contributed by atoms with van der Waals surface area (Å²) in [5.74, 6) is 0. The molecule has 1 aliphatic heterocycles. The second-order valence-electron chi connectivity index (χ2n) is 6.69. The van der Waals surface area contributed by atoms with E-state index in [1.165, 1.54) is 12.0 Å². The molecule has 106 valence electrons. The fourth-order valence-electron chi connectivity index (χ4n) is 2.91. The lowest BCUT2D eigenvalue weighted by atomic mass is 9.83. The van der Waals surface area contributed by atoms with Gasteiger partial charge in [0.2, 0.25) is 0 Å². The number of hydrogen-bond donors (Lipinski definition) is 1. The average Bonchev–Trinajstić information content (AvgIpc) is 2.38. The van der Waals surface area contributed by atoms with Gasteiger partial charge in [-0.15, -0.1) is 0 Å². The largest absolute Gasteiger partial charge is 0.311 e. The lowest BCUT2D eigenvalue weighted by Gasteiger charge is -2.46. The molecule has 2 unspecified atom stereocenters. The van der Waals surface area contributed by atoms with Crippen LogP contribution in [-0.4, -0.2) is 35.1 Å². The zero-order valence-corrected chi connectivity index (χ0v) is 12.7. The van der Waals surface area contributed by atoms with Gasteiger partial charge in [0.25, 0.3) is 0 Å². The van der Waals surface area contributed by atoms with E-state index in [9.17, 15) is 0 Å². The van der Waals surface area contributed by atoms with Gasteiger partial charge in [-0.05, 0) is 23.5 Å². The summed E-state index contributed by atoms with van der Waals surface area (Å²) in [6, 6.07) is 5.40. The van der Waals surface area contributed by atoms with Crippen LogP contribution in [-0.2, 0) is 6.54 Å². The smallest absolute Gasteiger partial charge is 0.0312 e.